The van der Waals surface area contributed by atoms with Crippen LogP contribution in [0.15, 0.2) is 18.5 Å². The molecular weight excluding hydrogens is 194 g/mol. The molecule has 5 nitrogen and oxygen atoms in total. The van der Waals surface area contributed by atoms with Gasteiger partial charge in [0.2, 0.25) is 0 Å². The molecule has 3 N–H and O–H groups in total. The second-order valence-electron chi connectivity index (χ2n) is 2.99. The number of rotatable bonds is 7. The molecule has 0 aromatic carbocycles. The monoisotopic (exact) mass is 211 g/mol. The van der Waals surface area contributed by atoms with Crippen molar-refractivity contribution in [3.8, 4) is 0 Å². The molecule has 15 heavy (non-hydrogen) atoms. The first-order valence-electron chi connectivity index (χ1n) is 4.84. The summed E-state index contributed by atoms with van der Waals surface area (Å²) in [7, 11) is 1.65. The third kappa shape index (κ3) is 4.62. The Labute approximate surface area is 89.6 Å². The lowest BCUT2D eigenvalue weighted by Gasteiger charge is -2.08. The molecule has 1 heterocycles. The van der Waals surface area contributed by atoms with E-state index in [2.05, 4.69) is 10.3 Å². The number of hydrogen-bond donors (Lipinski definition) is 2. The van der Waals surface area contributed by atoms with E-state index in [0.717, 1.165) is 12.2 Å². The smallest absolute Gasteiger partial charge is 0.0736 e. The molecule has 1 aromatic heterocycles. The van der Waals surface area contributed by atoms with Crippen molar-refractivity contribution in [2.45, 2.75) is 0 Å². The molecule has 1 aromatic rings. The molecule has 0 spiro atoms. The van der Waals surface area contributed by atoms with Crippen LogP contribution in [0.1, 0.15) is 0 Å². The predicted octanol–water partition coefficient (Wildman–Crippen LogP) is 0.739. The number of nitrogens with zero attached hydrogens (tertiary/aromatic N) is 1. The van der Waals surface area contributed by atoms with Crippen molar-refractivity contribution < 1.29 is 9.47 Å². The van der Waals surface area contributed by atoms with Gasteiger partial charge in [-0.2, -0.15) is 0 Å². The number of nitrogens with two attached hydrogens (primary N) is 1. The SMILES string of the molecule is COCCOCCNc1ccncc1N. The van der Waals surface area contributed by atoms with Crippen molar-refractivity contribution in [1.82, 2.24) is 4.98 Å². The van der Waals surface area contributed by atoms with Crippen molar-refractivity contribution in [2.24, 2.45) is 0 Å². The minimum absolute atomic E-state index is 0.615. The number of methoxy groups -OCH3 is 1. The van der Waals surface area contributed by atoms with Crippen LogP contribution in [0.4, 0.5) is 11.4 Å². The lowest BCUT2D eigenvalue weighted by Crippen LogP contribution is -2.12. The molecular formula is C10H17N3O2. The maximum absolute atomic E-state index is 5.70. The summed E-state index contributed by atoms with van der Waals surface area (Å²) < 4.78 is 10.1. The average Bonchev–Trinajstić information content (AvgIpc) is 2.25. The van der Waals surface area contributed by atoms with E-state index >= 15 is 0 Å². The molecule has 5 heteroatoms. The van der Waals surface area contributed by atoms with Gasteiger partial charge in [0.05, 0.1) is 37.4 Å². The number of ether oxygens (including phenoxy) is 2. The Balaban J connectivity index is 2.12. The Morgan fingerprint density at radius 3 is 3.00 bits per heavy atom. The molecule has 0 saturated heterocycles. The van der Waals surface area contributed by atoms with Crippen LogP contribution in [-0.2, 0) is 9.47 Å². The highest BCUT2D eigenvalue weighted by Crippen LogP contribution is 2.14. The summed E-state index contributed by atoms with van der Waals surface area (Å²) in [6, 6.07) is 1.84. The van der Waals surface area contributed by atoms with Crippen LogP contribution in [0.5, 0.6) is 0 Å². The molecule has 0 amide bonds. The molecule has 0 radical (unpaired) electrons. The van der Waals surface area contributed by atoms with Crippen molar-refractivity contribution in [3.05, 3.63) is 18.5 Å². The predicted molar refractivity (Wildman–Crippen MR) is 59.8 cm³/mol. The molecule has 0 atom stereocenters. The van der Waals surface area contributed by atoms with E-state index in [1.807, 2.05) is 6.07 Å². The quantitative estimate of drug-likeness (QED) is 0.651. The highest BCUT2D eigenvalue weighted by Gasteiger charge is 1.96. The molecule has 1 rings (SSSR count). The summed E-state index contributed by atoms with van der Waals surface area (Å²) >= 11 is 0. The Morgan fingerprint density at radius 2 is 2.27 bits per heavy atom. The summed E-state index contributed by atoms with van der Waals surface area (Å²) in [4.78, 5) is 3.90. The lowest BCUT2D eigenvalue weighted by atomic mass is 10.3. The third-order valence-corrected chi connectivity index (χ3v) is 1.85. The minimum Gasteiger partial charge on any atom is -0.396 e. The Kier molecular flexibility index (Phi) is 5.50. The van der Waals surface area contributed by atoms with E-state index < -0.39 is 0 Å². The minimum atomic E-state index is 0.615. The first-order valence-corrected chi connectivity index (χ1v) is 4.84. The normalized spacial score (nSPS) is 10.2. The number of nitrogen functional groups attached to an aromatic ring is 1. The van der Waals surface area contributed by atoms with E-state index in [-0.39, 0.29) is 0 Å². The molecule has 0 unspecified atom stereocenters. The van der Waals surface area contributed by atoms with Gasteiger partial charge < -0.3 is 20.5 Å². The number of anilines is 2. The van der Waals surface area contributed by atoms with Gasteiger partial charge >= 0.3 is 0 Å². The Morgan fingerprint density at radius 1 is 1.40 bits per heavy atom. The van der Waals surface area contributed by atoms with Gasteiger partial charge in [0.15, 0.2) is 0 Å². The van der Waals surface area contributed by atoms with Gasteiger partial charge in [-0.1, -0.05) is 0 Å². The van der Waals surface area contributed by atoms with Crippen LogP contribution in [0, 0.1) is 0 Å². The van der Waals surface area contributed by atoms with Gasteiger partial charge in [-0.15, -0.1) is 0 Å². The van der Waals surface area contributed by atoms with E-state index in [4.69, 9.17) is 15.2 Å². The number of hydrogen-bond acceptors (Lipinski definition) is 5. The lowest BCUT2D eigenvalue weighted by molar-refractivity contribution is 0.0759. The summed E-state index contributed by atoms with van der Waals surface area (Å²) in [6.45, 7) is 2.59. The fourth-order valence-electron chi connectivity index (χ4n) is 1.07. The van der Waals surface area contributed by atoms with E-state index in [0.29, 0.717) is 25.5 Å². The third-order valence-electron chi connectivity index (χ3n) is 1.85. The van der Waals surface area contributed by atoms with Gasteiger partial charge in [-0.05, 0) is 6.07 Å². The van der Waals surface area contributed by atoms with Gasteiger partial charge in [0.25, 0.3) is 0 Å². The molecule has 0 aliphatic rings. The first-order chi connectivity index (χ1) is 7.34. The standard InChI is InChI=1S/C10H17N3O2/c1-14-6-7-15-5-4-13-10-2-3-12-8-9(10)11/h2-3,8H,4-7,11H2,1H3,(H,12,13). The Bertz CT molecular complexity index is 281. The second kappa shape index (κ2) is 7.03. The summed E-state index contributed by atoms with van der Waals surface area (Å²) in [5, 5.41) is 3.16. The first kappa shape index (κ1) is 11.7. The van der Waals surface area contributed by atoms with Crippen LogP contribution in [0.3, 0.4) is 0 Å². The maximum atomic E-state index is 5.70. The molecule has 0 fully saturated rings. The highest BCUT2D eigenvalue weighted by atomic mass is 16.5. The zero-order valence-electron chi connectivity index (χ0n) is 8.90. The van der Waals surface area contributed by atoms with Crippen LogP contribution >= 0.6 is 0 Å². The zero-order chi connectivity index (χ0) is 10.9. The van der Waals surface area contributed by atoms with Crippen LogP contribution in [0.2, 0.25) is 0 Å². The Hall–Kier alpha value is -1.33. The molecule has 0 aliphatic heterocycles. The van der Waals surface area contributed by atoms with Gasteiger partial charge in [-0.3, -0.25) is 4.98 Å². The van der Waals surface area contributed by atoms with E-state index in [1.54, 1.807) is 19.5 Å². The van der Waals surface area contributed by atoms with Crippen molar-refractivity contribution in [2.75, 3.05) is 44.5 Å². The fourth-order valence-corrected chi connectivity index (χ4v) is 1.07. The highest BCUT2D eigenvalue weighted by molar-refractivity contribution is 5.64. The van der Waals surface area contributed by atoms with E-state index in [1.165, 1.54) is 0 Å². The van der Waals surface area contributed by atoms with E-state index in [9.17, 15) is 0 Å². The largest absolute Gasteiger partial charge is 0.396 e. The topological polar surface area (TPSA) is 69.4 Å². The van der Waals surface area contributed by atoms with Crippen molar-refractivity contribution in [1.29, 1.82) is 0 Å². The van der Waals surface area contributed by atoms with Crippen molar-refractivity contribution in [3.63, 3.8) is 0 Å². The summed E-state index contributed by atoms with van der Waals surface area (Å²) in [5.41, 5.74) is 7.23. The van der Waals surface area contributed by atoms with Gasteiger partial charge in [0, 0.05) is 19.9 Å². The van der Waals surface area contributed by atoms with Crippen LogP contribution in [-0.4, -0.2) is 38.5 Å². The summed E-state index contributed by atoms with van der Waals surface area (Å²) in [5.74, 6) is 0. The van der Waals surface area contributed by atoms with Gasteiger partial charge in [-0.25, -0.2) is 0 Å². The van der Waals surface area contributed by atoms with Gasteiger partial charge in [0.1, 0.15) is 0 Å². The molecule has 0 bridgehead atoms. The zero-order valence-corrected chi connectivity index (χ0v) is 8.90. The van der Waals surface area contributed by atoms with Crippen molar-refractivity contribution >= 4 is 11.4 Å². The van der Waals surface area contributed by atoms with Crippen LogP contribution in [0.25, 0.3) is 0 Å². The number of pyridine rings is 1. The molecule has 0 saturated carbocycles. The molecule has 84 valence electrons. The average molecular weight is 211 g/mol. The number of nitrogens with one attached hydrogen (secondary N) is 1. The second-order valence-corrected chi connectivity index (χ2v) is 2.99. The number of aromatic nitrogens is 1. The molecule has 0 aliphatic carbocycles. The van der Waals surface area contributed by atoms with Crippen LogP contribution < -0.4 is 11.1 Å². The maximum Gasteiger partial charge on any atom is 0.0736 e. The summed E-state index contributed by atoms with van der Waals surface area (Å²) in [6.07, 6.45) is 3.32. The fraction of sp³-hybridized carbons (Fsp3) is 0.500.